The second-order valence-corrected chi connectivity index (χ2v) is 2.49. The molecule has 0 unspecified atom stereocenters. The average molecular weight is 208 g/mol. The van der Waals surface area contributed by atoms with Crippen molar-refractivity contribution in [1.82, 2.24) is 4.98 Å². The van der Waals surface area contributed by atoms with Gasteiger partial charge in [0.1, 0.15) is 0 Å². The fourth-order valence-corrected chi connectivity index (χ4v) is 0.860. The molecule has 6 heteroatoms. The van der Waals surface area contributed by atoms with Gasteiger partial charge in [-0.3, -0.25) is 0 Å². The van der Waals surface area contributed by atoms with Gasteiger partial charge in [0.05, 0.1) is 12.1 Å². The van der Waals surface area contributed by atoms with E-state index in [1.54, 1.807) is 0 Å². The van der Waals surface area contributed by atoms with Crippen molar-refractivity contribution in [2.75, 3.05) is 7.11 Å². The molecule has 0 aliphatic carbocycles. The van der Waals surface area contributed by atoms with Gasteiger partial charge < -0.3 is 4.74 Å². The number of carbonyl (C=O) groups excluding carboxylic acids is 1. The summed E-state index contributed by atoms with van der Waals surface area (Å²) < 4.78 is 29.4. The van der Waals surface area contributed by atoms with Crippen LogP contribution in [-0.2, 0) is 4.74 Å². The summed E-state index contributed by atoms with van der Waals surface area (Å²) in [5, 5.41) is -0.507. The topological polar surface area (TPSA) is 39.2 Å². The molecule has 0 N–H and O–H groups in total. The standard InChI is InChI=1S/C7H4ClF2NO2/c1-13-7(12)4-2-3(8)5(9)6(10)11-4/h2H,1H3. The van der Waals surface area contributed by atoms with E-state index in [-0.39, 0.29) is 5.69 Å². The third kappa shape index (κ3) is 1.92. The summed E-state index contributed by atoms with van der Waals surface area (Å²) in [5.74, 6) is -3.58. The first-order valence-electron chi connectivity index (χ1n) is 3.16. The van der Waals surface area contributed by atoms with E-state index < -0.39 is 22.8 Å². The molecule has 13 heavy (non-hydrogen) atoms. The van der Waals surface area contributed by atoms with Crippen LogP contribution in [0.2, 0.25) is 5.02 Å². The highest BCUT2D eigenvalue weighted by Crippen LogP contribution is 2.17. The largest absolute Gasteiger partial charge is 0.464 e. The number of nitrogens with zero attached hydrogens (tertiary/aromatic N) is 1. The predicted octanol–water partition coefficient (Wildman–Crippen LogP) is 1.80. The number of carbonyl (C=O) groups is 1. The SMILES string of the molecule is COC(=O)c1cc(Cl)c(F)c(F)n1. The lowest BCUT2D eigenvalue weighted by Gasteiger charge is -2.00. The molecule has 3 nitrogen and oxygen atoms in total. The minimum Gasteiger partial charge on any atom is -0.464 e. The number of hydrogen-bond acceptors (Lipinski definition) is 3. The van der Waals surface area contributed by atoms with Crippen LogP contribution in [0.4, 0.5) is 8.78 Å². The van der Waals surface area contributed by atoms with Gasteiger partial charge in [0.2, 0.25) is 0 Å². The fraction of sp³-hybridized carbons (Fsp3) is 0.143. The quantitative estimate of drug-likeness (QED) is 0.521. The molecule has 0 spiro atoms. The van der Waals surface area contributed by atoms with Gasteiger partial charge in [-0.2, -0.15) is 4.39 Å². The van der Waals surface area contributed by atoms with Gasteiger partial charge in [0.15, 0.2) is 11.5 Å². The number of methoxy groups -OCH3 is 1. The summed E-state index contributed by atoms with van der Waals surface area (Å²) in [6.07, 6.45) is 0. The maximum absolute atomic E-state index is 12.6. The van der Waals surface area contributed by atoms with Gasteiger partial charge in [-0.05, 0) is 6.07 Å². The second-order valence-electron chi connectivity index (χ2n) is 2.09. The smallest absolute Gasteiger partial charge is 0.356 e. The zero-order chi connectivity index (χ0) is 10.0. The highest BCUT2D eigenvalue weighted by atomic mass is 35.5. The molecule has 0 aromatic carbocycles. The van der Waals surface area contributed by atoms with Crippen LogP contribution < -0.4 is 0 Å². The zero-order valence-electron chi connectivity index (χ0n) is 6.47. The molecule has 0 saturated carbocycles. The number of halogens is 3. The molecule has 0 aliphatic rings. The Balaban J connectivity index is 3.20. The van der Waals surface area contributed by atoms with Crippen molar-refractivity contribution in [3.63, 3.8) is 0 Å². The van der Waals surface area contributed by atoms with Crippen LogP contribution in [0.3, 0.4) is 0 Å². The number of pyridine rings is 1. The van der Waals surface area contributed by atoms with Crippen molar-refractivity contribution in [2.24, 2.45) is 0 Å². The van der Waals surface area contributed by atoms with E-state index in [1.807, 2.05) is 0 Å². The maximum Gasteiger partial charge on any atom is 0.356 e. The molecular weight excluding hydrogens is 204 g/mol. The predicted molar refractivity (Wildman–Crippen MR) is 40.5 cm³/mol. The van der Waals surface area contributed by atoms with Gasteiger partial charge >= 0.3 is 5.97 Å². The number of ether oxygens (including phenoxy) is 1. The van der Waals surface area contributed by atoms with Gasteiger partial charge in [-0.1, -0.05) is 11.6 Å². The van der Waals surface area contributed by atoms with Crippen LogP contribution in [-0.4, -0.2) is 18.1 Å². The van der Waals surface area contributed by atoms with E-state index in [9.17, 15) is 13.6 Å². The van der Waals surface area contributed by atoms with Crippen molar-refractivity contribution < 1.29 is 18.3 Å². The number of hydrogen-bond donors (Lipinski definition) is 0. The number of esters is 1. The number of aromatic nitrogens is 1. The molecule has 70 valence electrons. The Morgan fingerprint density at radius 3 is 2.69 bits per heavy atom. The molecule has 0 fully saturated rings. The summed E-state index contributed by atoms with van der Waals surface area (Å²) in [5.41, 5.74) is -0.369. The highest BCUT2D eigenvalue weighted by molar-refractivity contribution is 6.31. The lowest BCUT2D eigenvalue weighted by atomic mass is 10.3. The third-order valence-electron chi connectivity index (χ3n) is 1.27. The lowest BCUT2D eigenvalue weighted by Crippen LogP contribution is -2.07. The molecule has 0 amide bonds. The second kappa shape index (κ2) is 3.66. The maximum atomic E-state index is 12.6. The van der Waals surface area contributed by atoms with E-state index in [4.69, 9.17) is 11.6 Å². The molecule has 0 bridgehead atoms. The Morgan fingerprint density at radius 2 is 2.23 bits per heavy atom. The van der Waals surface area contributed by atoms with Gasteiger partial charge in [-0.15, -0.1) is 0 Å². The third-order valence-corrected chi connectivity index (χ3v) is 1.54. The zero-order valence-corrected chi connectivity index (χ0v) is 7.23. The summed E-state index contributed by atoms with van der Waals surface area (Å²) in [7, 11) is 1.10. The van der Waals surface area contributed by atoms with Crippen LogP contribution in [0.5, 0.6) is 0 Å². The minimum atomic E-state index is -1.42. The normalized spacial score (nSPS) is 9.85. The van der Waals surface area contributed by atoms with Crippen molar-refractivity contribution in [2.45, 2.75) is 0 Å². The van der Waals surface area contributed by atoms with Crippen molar-refractivity contribution in [3.8, 4) is 0 Å². The summed E-state index contributed by atoms with van der Waals surface area (Å²) in [4.78, 5) is 13.8. The highest BCUT2D eigenvalue weighted by Gasteiger charge is 2.15. The Morgan fingerprint density at radius 1 is 1.62 bits per heavy atom. The average Bonchev–Trinajstić information content (AvgIpc) is 2.12. The summed E-state index contributed by atoms with van der Waals surface area (Å²) in [6.45, 7) is 0. The van der Waals surface area contributed by atoms with E-state index in [2.05, 4.69) is 9.72 Å². The van der Waals surface area contributed by atoms with Crippen LogP contribution in [0.1, 0.15) is 10.5 Å². The molecule has 0 saturated heterocycles. The van der Waals surface area contributed by atoms with Gasteiger partial charge in [0.25, 0.3) is 5.95 Å². The monoisotopic (exact) mass is 207 g/mol. The Bertz CT molecular complexity index is 333. The summed E-state index contributed by atoms with van der Waals surface area (Å²) >= 11 is 5.26. The van der Waals surface area contributed by atoms with Crippen LogP contribution >= 0.6 is 11.6 Å². The first-order chi connectivity index (χ1) is 6.06. The lowest BCUT2D eigenvalue weighted by molar-refractivity contribution is 0.0592. The Labute approximate surface area is 77.3 Å². The molecule has 1 aromatic heterocycles. The summed E-state index contributed by atoms with van der Waals surface area (Å²) in [6, 6.07) is 0.895. The van der Waals surface area contributed by atoms with Crippen LogP contribution in [0.25, 0.3) is 0 Å². The van der Waals surface area contributed by atoms with Crippen molar-refractivity contribution in [1.29, 1.82) is 0 Å². The molecular formula is C7H4ClF2NO2. The Hall–Kier alpha value is -1.23. The molecule has 1 aromatic rings. The first kappa shape index (κ1) is 9.85. The number of rotatable bonds is 1. The van der Waals surface area contributed by atoms with Gasteiger partial charge in [-0.25, -0.2) is 14.2 Å². The van der Waals surface area contributed by atoms with E-state index in [0.29, 0.717) is 0 Å². The molecule has 0 aliphatic heterocycles. The molecule has 0 atom stereocenters. The van der Waals surface area contributed by atoms with Crippen molar-refractivity contribution >= 4 is 17.6 Å². The fourth-order valence-electron chi connectivity index (χ4n) is 0.678. The first-order valence-corrected chi connectivity index (χ1v) is 3.54. The Kier molecular flexibility index (Phi) is 2.77. The molecule has 1 heterocycles. The van der Waals surface area contributed by atoms with Crippen LogP contribution in [0.15, 0.2) is 6.07 Å². The minimum absolute atomic E-state index is 0.369. The van der Waals surface area contributed by atoms with Crippen molar-refractivity contribution in [3.05, 3.63) is 28.5 Å². The molecule has 0 radical (unpaired) electrons. The molecule has 1 rings (SSSR count). The van der Waals surface area contributed by atoms with E-state index >= 15 is 0 Å². The van der Waals surface area contributed by atoms with E-state index in [1.165, 1.54) is 0 Å². The van der Waals surface area contributed by atoms with Gasteiger partial charge in [0, 0.05) is 0 Å². The van der Waals surface area contributed by atoms with Crippen LogP contribution in [0, 0.1) is 11.8 Å². The van der Waals surface area contributed by atoms with E-state index in [0.717, 1.165) is 13.2 Å².